The molecule has 4 heteroatoms. The Balaban J connectivity index is 2.04. The highest BCUT2D eigenvalue weighted by Crippen LogP contribution is 2.28. The van der Waals surface area contributed by atoms with Crippen LogP contribution in [0.25, 0.3) is 0 Å². The Bertz CT molecular complexity index is 1030. The molecule has 0 heterocycles. The highest BCUT2D eigenvalue weighted by Gasteiger charge is 2.29. The summed E-state index contributed by atoms with van der Waals surface area (Å²) in [4.78, 5) is 26.0. The van der Waals surface area contributed by atoms with E-state index in [9.17, 15) is 9.59 Å². The lowest BCUT2D eigenvalue weighted by molar-refractivity contribution is 0.0979. The van der Waals surface area contributed by atoms with E-state index < -0.39 is 16.1 Å². The topological polar surface area (TPSA) is 34.1 Å². The van der Waals surface area contributed by atoms with Crippen LogP contribution < -0.4 is 0 Å². The summed E-state index contributed by atoms with van der Waals surface area (Å²) in [5.74, 6) is 6.10. The van der Waals surface area contributed by atoms with E-state index in [4.69, 9.17) is 0 Å². The zero-order chi connectivity index (χ0) is 20.7. The molecule has 2 aromatic carbocycles. The van der Waals surface area contributed by atoms with Crippen molar-refractivity contribution in [2.24, 2.45) is 0 Å². The van der Waals surface area contributed by atoms with Crippen molar-refractivity contribution in [3.63, 3.8) is 0 Å². The van der Waals surface area contributed by atoms with Crippen LogP contribution in [-0.4, -0.2) is 27.7 Å². The Morgan fingerprint density at radius 1 is 0.571 bits per heavy atom. The number of benzene rings is 2. The lowest BCUT2D eigenvalue weighted by Gasteiger charge is -2.18. The van der Waals surface area contributed by atoms with Gasteiger partial charge >= 0.3 is 0 Å². The van der Waals surface area contributed by atoms with Crippen LogP contribution in [0.2, 0.25) is 39.3 Å². The molecule has 3 rings (SSSR count). The predicted molar refractivity (Wildman–Crippen MR) is 120 cm³/mol. The Kier molecular flexibility index (Phi) is 5.06. The summed E-state index contributed by atoms with van der Waals surface area (Å²) in [7, 11) is -3.03. The van der Waals surface area contributed by atoms with Crippen LogP contribution in [0, 0.1) is 22.9 Å². The molecule has 0 radical (unpaired) electrons. The molecule has 0 unspecified atom stereocenters. The summed E-state index contributed by atoms with van der Waals surface area (Å²) in [5.41, 5.74) is 9.96. The van der Waals surface area contributed by atoms with Crippen molar-refractivity contribution in [2.45, 2.75) is 39.3 Å². The highest BCUT2D eigenvalue weighted by atomic mass is 28.3. The van der Waals surface area contributed by atoms with Gasteiger partial charge in [-0.2, -0.15) is 0 Å². The van der Waals surface area contributed by atoms with Gasteiger partial charge in [0.25, 0.3) is 0 Å². The van der Waals surface area contributed by atoms with Crippen LogP contribution in [0.4, 0.5) is 0 Å². The monoisotopic (exact) mass is 400 g/mol. The molecule has 1 aliphatic carbocycles. The van der Waals surface area contributed by atoms with Crippen LogP contribution in [0.1, 0.15) is 43.0 Å². The van der Waals surface area contributed by atoms with Crippen LogP contribution in [0.3, 0.4) is 0 Å². The van der Waals surface area contributed by atoms with E-state index in [1.54, 1.807) is 24.3 Å². The maximum absolute atomic E-state index is 13.0. The van der Waals surface area contributed by atoms with Gasteiger partial charge in [0.1, 0.15) is 16.1 Å². The molecule has 0 atom stereocenters. The third kappa shape index (κ3) is 4.42. The van der Waals surface area contributed by atoms with Gasteiger partial charge in [-0.3, -0.25) is 9.59 Å². The standard InChI is InChI=1S/C24H24O2Si2/c1-27(2,3)13-11-17-7-9-19-21(15-17)23(25)20-10-8-18(12-14-28(4,5)6)16-22(20)24(19)26/h7-10,15-16H,1-6H3. The first-order chi connectivity index (χ1) is 12.9. The minimum absolute atomic E-state index is 0.119. The van der Waals surface area contributed by atoms with E-state index in [0.717, 1.165) is 11.1 Å². The number of carbonyl (C=O) groups excluding carboxylic acids is 2. The van der Waals surface area contributed by atoms with Crippen molar-refractivity contribution in [1.29, 1.82) is 0 Å². The van der Waals surface area contributed by atoms with E-state index in [1.807, 2.05) is 12.1 Å². The molecular weight excluding hydrogens is 376 g/mol. The van der Waals surface area contributed by atoms with E-state index in [0.29, 0.717) is 22.3 Å². The van der Waals surface area contributed by atoms with E-state index in [2.05, 4.69) is 62.2 Å². The molecule has 2 aromatic rings. The fraction of sp³-hybridized carbons (Fsp3) is 0.250. The van der Waals surface area contributed by atoms with Gasteiger partial charge in [0.05, 0.1) is 0 Å². The molecule has 0 fully saturated rings. The van der Waals surface area contributed by atoms with Crippen molar-refractivity contribution < 1.29 is 9.59 Å². The highest BCUT2D eigenvalue weighted by molar-refractivity contribution is 6.84. The first-order valence-electron chi connectivity index (χ1n) is 9.38. The van der Waals surface area contributed by atoms with Gasteiger partial charge < -0.3 is 0 Å². The van der Waals surface area contributed by atoms with Gasteiger partial charge in [0, 0.05) is 33.4 Å². The maximum atomic E-state index is 13.0. The number of rotatable bonds is 0. The normalized spacial score (nSPS) is 12.9. The molecule has 140 valence electrons. The molecule has 0 bridgehead atoms. The molecule has 1 aliphatic rings. The molecule has 0 saturated heterocycles. The van der Waals surface area contributed by atoms with Crippen molar-refractivity contribution in [3.05, 3.63) is 69.8 Å². The minimum atomic E-state index is -1.51. The average Bonchev–Trinajstić information content (AvgIpc) is 2.61. The molecular formula is C24H24O2Si2. The molecule has 2 nitrogen and oxygen atoms in total. The number of carbonyl (C=O) groups is 2. The molecule has 0 saturated carbocycles. The summed E-state index contributed by atoms with van der Waals surface area (Å²) in [6, 6.07) is 10.6. The first-order valence-corrected chi connectivity index (χ1v) is 16.4. The summed E-state index contributed by atoms with van der Waals surface area (Å²) in [5, 5.41) is 0. The largest absolute Gasteiger partial charge is 0.289 e. The minimum Gasteiger partial charge on any atom is -0.289 e. The van der Waals surface area contributed by atoms with Crippen LogP contribution in [-0.2, 0) is 0 Å². The molecule has 0 amide bonds. The summed E-state index contributed by atoms with van der Waals surface area (Å²) in [6.45, 7) is 13.0. The summed E-state index contributed by atoms with van der Waals surface area (Å²) < 4.78 is 0. The van der Waals surface area contributed by atoms with Gasteiger partial charge in [-0.05, 0) is 36.4 Å². The van der Waals surface area contributed by atoms with E-state index in [1.165, 1.54) is 0 Å². The summed E-state index contributed by atoms with van der Waals surface area (Å²) in [6.07, 6.45) is 0. The lowest BCUT2D eigenvalue weighted by Crippen LogP contribution is -2.21. The second kappa shape index (κ2) is 7.06. The molecule has 0 spiro atoms. The van der Waals surface area contributed by atoms with Gasteiger partial charge in [-0.25, -0.2) is 0 Å². The third-order valence-electron chi connectivity index (χ3n) is 4.18. The van der Waals surface area contributed by atoms with Crippen molar-refractivity contribution in [2.75, 3.05) is 0 Å². The van der Waals surface area contributed by atoms with Crippen LogP contribution in [0.15, 0.2) is 36.4 Å². The van der Waals surface area contributed by atoms with Gasteiger partial charge in [-0.1, -0.05) is 51.1 Å². The first kappa shape index (κ1) is 20.1. The Labute approximate surface area is 169 Å². The average molecular weight is 401 g/mol. The Morgan fingerprint density at radius 2 is 0.929 bits per heavy atom. The SMILES string of the molecule is C[Si](C)(C)C#Cc1ccc2c(c1)C(=O)c1ccc(C#C[Si](C)(C)C)cc1C2=O. The Morgan fingerprint density at radius 3 is 1.25 bits per heavy atom. The van der Waals surface area contributed by atoms with Gasteiger partial charge in [0.2, 0.25) is 0 Å². The Hall–Kier alpha value is -2.67. The lowest BCUT2D eigenvalue weighted by atomic mass is 9.82. The number of hydrogen-bond donors (Lipinski definition) is 0. The zero-order valence-electron chi connectivity index (χ0n) is 17.3. The number of fused-ring (bicyclic) bond motifs is 2. The number of ketones is 2. The van der Waals surface area contributed by atoms with E-state index in [-0.39, 0.29) is 11.6 Å². The quantitative estimate of drug-likeness (QED) is 0.396. The molecule has 0 aliphatic heterocycles. The second-order valence-electron chi connectivity index (χ2n) is 9.18. The zero-order valence-corrected chi connectivity index (χ0v) is 19.3. The van der Waals surface area contributed by atoms with Crippen molar-refractivity contribution >= 4 is 27.7 Å². The van der Waals surface area contributed by atoms with Crippen molar-refractivity contribution in [3.8, 4) is 22.9 Å². The smallest absolute Gasteiger partial charge is 0.194 e. The fourth-order valence-electron chi connectivity index (χ4n) is 2.83. The molecule has 28 heavy (non-hydrogen) atoms. The second-order valence-corrected chi connectivity index (χ2v) is 18.7. The summed E-state index contributed by atoms with van der Waals surface area (Å²) >= 11 is 0. The van der Waals surface area contributed by atoms with Crippen molar-refractivity contribution in [1.82, 2.24) is 0 Å². The van der Waals surface area contributed by atoms with E-state index >= 15 is 0 Å². The predicted octanol–water partition coefficient (Wildman–Crippen LogP) is 4.92. The fourth-order valence-corrected chi connectivity index (χ4v) is 3.86. The molecule has 0 aromatic heterocycles. The van der Waals surface area contributed by atoms with Gasteiger partial charge in [-0.15, -0.1) is 11.1 Å². The number of hydrogen-bond acceptors (Lipinski definition) is 2. The van der Waals surface area contributed by atoms with Gasteiger partial charge in [0.15, 0.2) is 11.6 Å². The third-order valence-corrected chi connectivity index (χ3v) is 5.93. The molecule has 0 N–H and O–H groups in total. The van der Waals surface area contributed by atoms with Crippen LogP contribution >= 0.6 is 0 Å². The van der Waals surface area contributed by atoms with Crippen LogP contribution in [0.5, 0.6) is 0 Å². The maximum Gasteiger partial charge on any atom is 0.194 e.